The van der Waals surface area contributed by atoms with E-state index in [4.69, 9.17) is 11.5 Å². The summed E-state index contributed by atoms with van der Waals surface area (Å²) in [6.45, 7) is 6.45. The average Bonchev–Trinajstić information content (AvgIpc) is 3.24. The standard InChI is InChI=1S/C19H21FN8/c1-19(2,3)15-6-7-27(26-15)16-13-9-23-28(17(13)25-18(22)24-16)10-11-4-5-12(21)8-14(11)20/h4-9H,10,21H2,1-3H3,(H2,22,24,25). The van der Waals surface area contributed by atoms with Crippen LogP contribution < -0.4 is 11.5 Å². The third-order valence-electron chi connectivity index (χ3n) is 4.47. The van der Waals surface area contributed by atoms with Crippen molar-refractivity contribution in [1.29, 1.82) is 0 Å². The van der Waals surface area contributed by atoms with E-state index in [1.807, 2.05) is 12.3 Å². The number of hydrogen-bond acceptors (Lipinski definition) is 6. The predicted octanol–water partition coefficient (Wildman–Crippen LogP) is 2.66. The lowest BCUT2D eigenvalue weighted by Crippen LogP contribution is -2.13. The Bertz CT molecular complexity index is 1170. The molecular formula is C19H21FN8. The number of aromatic nitrogens is 6. The lowest BCUT2D eigenvalue weighted by atomic mass is 9.93. The van der Waals surface area contributed by atoms with Gasteiger partial charge in [0.25, 0.3) is 0 Å². The van der Waals surface area contributed by atoms with Crippen LogP contribution in [0.15, 0.2) is 36.7 Å². The minimum Gasteiger partial charge on any atom is -0.399 e. The number of nitrogens with two attached hydrogens (primary N) is 2. The fraction of sp³-hybridized carbons (Fsp3) is 0.263. The number of hydrogen-bond donors (Lipinski definition) is 2. The zero-order chi connectivity index (χ0) is 20.1. The van der Waals surface area contributed by atoms with Crippen LogP contribution in [0.1, 0.15) is 32.0 Å². The van der Waals surface area contributed by atoms with E-state index < -0.39 is 5.82 Å². The van der Waals surface area contributed by atoms with Gasteiger partial charge in [-0.2, -0.15) is 20.2 Å². The highest BCUT2D eigenvalue weighted by molar-refractivity contribution is 5.83. The van der Waals surface area contributed by atoms with Crippen LogP contribution in [0.2, 0.25) is 0 Å². The molecule has 0 saturated carbocycles. The second-order valence-electron chi connectivity index (χ2n) is 7.69. The molecule has 0 amide bonds. The zero-order valence-corrected chi connectivity index (χ0v) is 15.9. The molecule has 4 N–H and O–H groups in total. The topological polar surface area (TPSA) is 113 Å². The van der Waals surface area contributed by atoms with Crippen molar-refractivity contribution in [2.45, 2.75) is 32.7 Å². The molecule has 0 fully saturated rings. The first-order valence-electron chi connectivity index (χ1n) is 8.82. The van der Waals surface area contributed by atoms with Gasteiger partial charge in [-0.15, -0.1) is 0 Å². The van der Waals surface area contributed by atoms with Crippen molar-refractivity contribution in [2.24, 2.45) is 0 Å². The van der Waals surface area contributed by atoms with Crippen LogP contribution >= 0.6 is 0 Å². The first-order valence-corrected chi connectivity index (χ1v) is 8.82. The fourth-order valence-electron chi connectivity index (χ4n) is 2.94. The minimum absolute atomic E-state index is 0.0924. The summed E-state index contributed by atoms with van der Waals surface area (Å²) in [5.74, 6) is 0.227. The van der Waals surface area contributed by atoms with Crippen molar-refractivity contribution in [3.8, 4) is 5.82 Å². The van der Waals surface area contributed by atoms with Crippen molar-refractivity contribution in [3.05, 3.63) is 53.7 Å². The van der Waals surface area contributed by atoms with E-state index in [2.05, 4.69) is 40.9 Å². The van der Waals surface area contributed by atoms with Gasteiger partial charge in [0.1, 0.15) is 5.82 Å². The molecule has 144 valence electrons. The Hall–Kier alpha value is -3.49. The van der Waals surface area contributed by atoms with Crippen molar-refractivity contribution >= 4 is 22.7 Å². The summed E-state index contributed by atoms with van der Waals surface area (Å²) in [7, 11) is 0. The summed E-state index contributed by atoms with van der Waals surface area (Å²) in [5, 5.41) is 9.65. The maximum Gasteiger partial charge on any atom is 0.224 e. The van der Waals surface area contributed by atoms with Crippen LogP contribution in [0, 0.1) is 5.82 Å². The van der Waals surface area contributed by atoms with E-state index in [0.29, 0.717) is 28.1 Å². The number of anilines is 2. The average molecular weight is 380 g/mol. The second kappa shape index (κ2) is 6.29. The van der Waals surface area contributed by atoms with E-state index >= 15 is 0 Å². The Balaban J connectivity index is 1.79. The molecule has 28 heavy (non-hydrogen) atoms. The highest BCUT2D eigenvalue weighted by Gasteiger charge is 2.20. The number of benzene rings is 1. The van der Waals surface area contributed by atoms with E-state index in [1.54, 1.807) is 27.7 Å². The number of nitrogens with zero attached hydrogens (tertiary/aromatic N) is 6. The van der Waals surface area contributed by atoms with Crippen LogP contribution in [-0.4, -0.2) is 29.5 Å². The van der Waals surface area contributed by atoms with Gasteiger partial charge in [0.05, 0.1) is 23.8 Å². The van der Waals surface area contributed by atoms with Gasteiger partial charge in [-0.25, -0.2) is 13.8 Å². The van der Waals surface area contributed by atoms with E-state index in [9.17, 15) is 4.39 Å². The molecule has 0 aliphatic heterocycles. The van der Waals surface area contributed by atoms with Gasteiger partial charge in [-0.05, 0) is 18.2 Å². The molecule has 4 aromatic rings. The fourth-order valence-corrected chi connectivity index (χ4v) is 2.94. The predicted molar refractivity (Wildman–Crippen MR) is 105 cm³/mol. The highest BCUT2D eigenvalue weighted by Crippen LogP contribution is 2.24. The SMILES string of the molecule is CC(C)(C)c1ccn(-c2nc(N)nc3c2cnn3Cc2ccc(N)cc2F)n1. The molecule has 0 unspecified atom stereocenters. The van der Waals surface area contributed by atoms with E-state index in [0.717, 1.165) is 5.69 Å². The molecule has 0 spiro atoms. The molecule has 0 saturated heterocycles. The van der Waals surface area contributed by atoms with Gasteiger partial charge < -0.3 is 11.5 Å². The summed E-state index contributed by atoms with van der Waals surface area (Å²) in [6.07, 6.45) is 3.47. The van der Waals surface area contributed by atoms with Crippen LogP contribution in [0.25, 0.3) is 16.9 Å². The normalized spacial score (nSPS) is 12.0. The summed E-state index contributed by atoms with van der Waals surface area (Å²) in [6, 6.07) is 6.51. The molecule has 0 aliphatic rings. The molecule has 0 aliphatic carbocycles. The number of halogens is 1. The third-order valence-corrected chi connectivity index (χ3v) is 4.47. The summed E-state index contributed by atoms with van der Waals surface area (Å²) in [5.41, 5.74) is 13.7. The Morgan fingerprint density at radius 1 is 1.11 bits per heavy atom. The molecular weight excluding hydrogens is 359 g/mol. The lowest BCUT2D eigenvalue weighted by molar-refractivity contribution is 0.559. The molecule has 4 rings (SSSR count). The number of fused-ring (bicyclic) bond motifs is 1. The Labute approximate surface area is 161 Å². The largest absolute Gasteiger partial charge is 0.399 e. The molecule has 0 atom stereocenters. The minimum atomic E-state index is -0.396. The van der Waals surface area contributed by atoms with Crippen LogP contribution in [0.3, 0.4) is 0 Å². The molecule has 3 heterocycles. The molecule has 9 heteroatoms. The summed E-state index contributed by atoms with van der Waals surface area (Å²) in [4.78, 5) is 8.64. The van der Waals surface area contributed by atoms with Gasteiger partial charge in [0.2, 0.25) is 5.95 Å². The van der Waals surface area contributed by atoms with Crippen LogP contribution in [-0.2, 0) is 12.0 Å². The smallest absolute Gasteiger partial charge is 0.224 e. The maximum atomic E-state index is 14.2. The van der Waals surface area contributed by atoms with Crippen molar-refractivity contribution < 1.29 is 4.39 Å². The third kappa shape index (κ3) is 3.15. The molecule has 3 aromatic heterocycles. The van der Waals surface area contributed by atoms with Gasteiger partial charge in [0.15, 0.2) is 11.5 Å². The van der Waals surface area contributed by atoms with Crippen molar-refractivity contribution in [2.75, 3.05) is 11.5 Å². The molecule has 0 bridgehead atoms. The second-order valence-corrected chi connectivity index (χ2v) is 7.69. The van der Waals surface area contributed by atoms with Crippen LogP contribution in [0.4, 0.5) is 16.0 Å². The molecule has 0 radical (unpaired) electrons. The van der Waals surface area contributed by atoms with Crippen LogP contribution in [0.5, 0.6) is 0 Å². The summed E-state index contributed by atoms with van der Waals surface area (Å²) >= 11 is 0. The van der Waals surface area contributed by atoms with E-state index in [-0.39, 0.29) is 17.9 Å². The monoisotopic (exact) mass is 380 g/mol. The Morgan fingerprint density at radius 3 is 2.57 bits per heavy atom. The first-order chi connectivity index (χ1) is 13.2. The number of nitrogen functional groups attached to an aromatic ring is 2. The maximum absolute atomic E-state index is 14.2. The summed E-state index contributed by atoms with van der Waals surface area (Å²) < 4.78 is 17.4. The van der Waals surface area contributed by atoms with Gasteiger partial charge in [-0.3, -0.25) is 0 Å². The number of rotatable bonds is 3. The van der Waals surface area contributed by atoms with E-state index in [1.165, 1.54) is 6.07 Å². The van der Waals surface area contributed by atoms with Crippen molar-refractivity contribution in [3.63, 3.8) is 0 Å². The van der Waals surface area contributed by atoms with Crippen molar-refractivity contribution in [1.82, 2.24) is 29.5 Å². The molecule has 8 nitrogen and oxygen atoms in total. The first kappa shape index (κ1) is 17.9. The van der Waals surface area contributed by atoms with Gasteiger partial charge >= 0.3 is 0 Å². The zero-order valence-electron chi connectivity index (χ0n) is 15.9. The van der Waals surface area contributed by atoms with Gasteiger partial charge in [0, 0.05) is 22.9 Å². The Kier molecular flexibility index (Phi) is 4.02. The quantitative estimate of drug-likeness (QED) is 0.528. The molecule has 1 aromatic carbocycles. The highest BCUT2D eigenvalue weighted by atomic mass is 19.1. The Morgan fingerprint density at radius 2 is 1.89 bits per heavy atom. The van der Waals surface area contributed by atoms with Gasteiger partial charge in [-0.1, -0.05) is 26.8 Å². The lowest BCUT2D eigenvalue weighted by Gasteiger charge is -2.14.